The predicted molar refractivity (Wildman–Crippen MR) is 99.5 cm³/mol. The summed E-state index contributed by atoms with van der Waals surface area (Å²) < 4.78 is 36.1. The van der Waals surface area contributed by atoms with Gasteiger partial charge in [0.15, 0.2) is 0 Å². The summed E-state index contributed by atoms with van der Waals surface area (Å²) in [6.45, 7) is 7.35. The van der Waals surface area contributed by atoms with E-state index >= 15 is 0 Å². The normalized spacial score (nSPS) is 11.7. The highest BCUT2D eigenvalue weighted by Gasteiger charge is 2.29. The van der Waals surface area contributed by atoms with Gasteiger partial charge >= 0.3 is 0 Å². The van der Waals surface area contributed by atoms with Gasteiger partial charge in [-0.2, -0.15) is 0 Å². The van der Waals surface area contributed by atoms with E-state index < -0.39 is 10.0 Å². The minimum Gasteiger partial charge on any atom is -0.419 e. The second-order valence-corrected chi connectivity index (χ2v) is 7.90. The first-order valence-electron chi connectivity index (χ1n) is 8.32. The van der Waals surface area contributed by atoms with E-state index in [1.54, 1.807) is 37.6 Å². The molecule has 3 aromatic rings. The molecule has 0 aliphatic rings. The molecule has 2 heterocycles. The van der Waals surface area contributed by atoms with Crippen LogP contribution in [-0.2, 0) is 23.5 Å². The van der Waals surface area contributed by atoms with Crippen LogP contribution in [-0.4, -0.2) is 23.2 Å². The minimum absolute atomic E-state index is 0.229. The van der Waals surface area contributed by atoms with Crippen LogP contribution in [0.25, 0.3) is 11.6 Å². The zero-order valence-electron chi connectivity index (χ0n) is 15.5. The Morgan fingerprint density at radius 2 is 1.92 bits per heavy atom. The second-order valence-electron chi connectivity index (χ2n) is 6.28. The van der Waals surface area contributed by atoms with Crippen molar-refractivity contribution >= 4 is 15.7 Å². The van der Waals surface area contributed by atoms with E-state index in [9.17, 15) is 8.42 Å². The zero-order chi connectivity index (χ0) is 19.1. The van der Waals surface area contributed by atoms with E-state index in [-0.39, 0.29) is 4.90 Å². The molecule has 0 fully saturated rings. The maximum absolute atomic E-state index is 13.0. The number of hydrogen-bond acceptors (Lipinski definition) is 5. The first kappa shape index (κ1) is 18.2. The molecule has 26 heavy (non-hydrogen) atoms. The van der Waals surface area contributed by atoms with E-state index in [0.29, 0.717) is 40.8 Å². The van der Waals surface area contributed by atoms with Gasteiger partial charge in [-0.1, -0.05) is 19.1 Å². The molecule has 0 saturated heterocycles. The van der Waals surface area contributed by atoms with Crippen LogP contribution in [0.15, 0.2) is 33.6 Å². The zero-order valence-corrected chi connectivity index (χ0v) is 16.3. The molecular weight excluding hydrogens is 352 g/mol. The Labute approximate surface area is 153 Å². The summed E-state index contributed by atoms with van der Waals surface area (Å²) in [5.74, 6) is 0.836. The van der Waals surface area contributed by atoms with Crippen LogP contribution in [0, 0.1) is 20.8 Å². The summed E-state index contributed by atoms with van der Waals surface area (Å²) in [6, 6.07) is 7.24. The molecule has 0 amide bonds. The molecule has 2 aromatic heterocycles. The largest absolute Gasteiger partial charge is 0.419 e. The number of benzene rings is 1. The van der Waals surface area contributed by atoms with Gasteiger partial charge in [0.2, 0.25) is 5.89 Å². The summed E-state index contributed by atoms with van der Waals surface area (Å²) in [5, 5.41) is 8.04. The summed E-state index contributed by atoms with van der Waals surface area (Å²) in [4.78, 5) is 0.229. The number of rotatable bonds is 5. The van der Waals surface area contributed by atoms with Gasteiger partial charge < -0.3 is 8.98 Å². The molecule has 7 nitrogen and oxygen atoms in total. The average Bonchev–Trinajstić information content (AvgIpc) is 3.10. The second kappa shape index (κ2) is 6.60. The van der Waals surface area contributed by atoms with Crippen LogP contribution in [0.4, 0.5) is 5.69 Å². The van der Waals surface area contributed by atoms with Crippen molar-refractivity contribution in [1.82, 2.24) is 14.8 Å². The lowest BCUT2D eigenvalue weighted by Gasteiger charge is -2.09. The van der Waals surface area contributed by atoms with Gasteiger partial charge in [-0.3, -0.25) is 4.72 Å². The predicted octanol–water partition coefficient (Wildman–Crippen LogP) is 3.36. The molecule has 0 aliphatic heterocycles. The molecule has 1 N–H and O–H groups in total. The number of anilines is 1. The van der Waals surface area contributed by atoms with Crippen molar-refractivity contribution in [2.24, 2.45) is 7.05 Å². The molecule has 0 bridgehead atoms. The van der Waals surface area contributed by atoms with Crippen LogP contribution in [0.3, 0.4) is 0 Å². The third-order valence-electron chi connectivity index (χ3n) is 4.37. The molecule has 3 rings (SSSR count). The number of aromatic nitrogens is 3. The molecule has 1 aromatic carbocycles. The van der Waals surface area contributed by atoms with Crippen molar-refractivity contribution in [3.63, 3.8) is 0 Å². The average molecular weight is 374 g/mol. The standard InChI is InChI=1S/C18H22N4O3S/c1-6-15-19-20-18(25-15)16-12(3)17(13(4)22(16)5)26(23,24)21-14-9-7-8-11(2)10-14/h7-10,21H,6H2,1-5H3. The van der Waals surface area contributed by atoms with Crippen molar-refractivity contribution in [2.75, 3.05) is 4.72 Å². The number of aryl methyl sites for hydroxylation is 2. The smallest absolute Gasteiger partial charge is 0.264 e. The first-order valence-corrected chi connectivity index (χ1v) is 9.81. The molecule has 0 aliphatic carbocycles. The Morgan fingerprint density at radius 1 is 1.19 bits per heavy atom. The lowest BCUT2D eigenvalue weighted by Crippen LogP contribution is -2.14. The SMILES string of the molecule is CCc1nnc(-c2c(C)c(S(=O)(=O)Nc3cccc(C)c3)c(C)n2C)o1. The summed E-state index contributed by atoms with van der Waals surface area (Å²) >= 11 is 0. The molecule has 0 saturated carbocycles. The number of hydrogen-bond donors (Lipinski definition) is 1. The Balaban J connectivity index is 2.09. The Hall–Kier alpha value is -2.61. The van der Waals surface area contributed by atoms with E-state index in [0.717, 1.165) is 5.56 Å². The maximum Gasteiger partial charge on any atom is 0.264 e. The first-order chi connectivity index (χ1) is 12.2. The Bertz CT molecular complexity index is 1060. The fraction of sp³-hybridized carbons (Fsp3) is 0.333. The summed E-state index contributed by atoms with van der Waals surface area (Å²) in [5.41, 5.74) is 3.30. The molecule has 138 valence electrons. The molecule has 0 atom stereocenters. The molecule has 0 radical (unpaired) electrons. The lowest BCUT2D eigenvalue weighted by atomic mass is 10.2. The quantitative estimate of drug-likeness (QED) is 0.739. The van der Waals surface area contributed by atoms with Crippen molar-refractivity contribution in [2.45, 2.75) is 39.0 Å². The van der Waals surface area contributed by atoms with E-state index in [1.165, 1.54) is 0 Å². The van der Waals surface area contributed by atoms with Crippen molar-refractivity contribution in [1.29, 1.82) is 0 Å². The summed E-state index contributed by atoms with van der Waals surface area (Å²) in [6.07, 6.45) is 0.621. The molecule has 0 spiro atoms. The fourth-order valence-electron chi connectivity index (χ4n) is 3.06. The highest BCUT2D eigenvalue weighted by atomic mass is 32.2. The third kappa shape index (κ3) is 3.12. The van der Waals surface area contributed by atoms with Gasteiger partial charge in [-0.05, 0) is 38.5 Å². The monoisotopic (exact) mass is 374 g/mol. The topological polar surface area (TPSA) is 90.0 Å². The van der Waals surface area contributed by atoms with Gasteiger partial charge in [0.05, 0.1) is 0 Å². The molecular formula is C18H22N4O3S. The molecule has 0 unspecified atom stereocenters. The van der Waals surface area contributed by atoms with Crippen LogP contribution in [0.5, 0.6) is 0 Å². The Kier molecular flexibility index (Phi) is 4.62. The van der Waals surface area contributed by atoms with E-state index in [1.807, 2.05) is 26.0 Å². The van der Waals surface area contributed by atoms with Crippen molar-refractivity contribution < 1.29 is 12.8 Å². The number of sulfonamides is 1. The Morgan fingerprint density at radius 3 is 2.54 bits per heavy atom. The van der Waals surface area contributed by atoms with Gasteiger partial charge in [-0.15, -0.1) is 10.2 Å². The van der Waals surface area contributed by atoms with Crippen LogP contribution in [0.2, 0.25) is 0 Å². The van der Waals surface area contributed by atoms with Crippen LogP contribution >= 0.6 is 0 Å². The van der Waals surface area contributed by atoms with Gasteiger partial charge in [0.25, 0.3) is 15.9 Å². The van der Waals surface area contributed by atoms with Gasteiger partial charge in [0, 0.05) is 30.4 Å². The van der Waals surface area contributed by atoms with Crippen molar-refractivity contribution in [3.05, 3.63) is 47.0 Å². The van der Waals surface area contributed by atoms with E-state index in [2.05, 4.69) is 14.9 Å². The number of nitrogens with zero attached hydrogens (tertiary/aromatic N) is 3. The third-order valence-corrected chi connectivity index (χ3v) is 6.02. The summed E-state index contributed by atoms with van der Waals surface area (Å²) in [7, 11) is -1.97. The van der Waals surface area contributed by atoms with Gasteiger partial charge in [0.1, 0.15) is 10.6 Å². The van der Waals surface area contributed by atoms with E-state index in [4.69, 9.17) is 4.42 Å². The van der Waals surface area contributed by atoms with Crippen LogP contribution in [0.1, 0.15) is 29.6 Å². The van der Waals surface area contributed by atoms with Crippen molar-refractivity contribution in [3.8, 4) is 11.6 Å². The highest BCUT2D eigenvalue weighted by molar-refractivity contribution is 7.92. The van der Waals surface area contributed by atoms with Crippen LogP contribution < -0.4 is 4.72 Å². The molecule has 8 heteroatoms. The maximum atomic E-state index is 13.0. The lowest BCUT2D eigenvalue weighted by molar-refractivity contribution is 0.508. The number of nitrogens with one attached hydrogen (secondary N) is 1. The minimum atomic E-state index is -3.76. The van der Waals surface area contributed by atoms with Gasteiger partial charge in [-0.25, -0.2) is 8.42 Å². The fourth-order valence-corrected chi connectivity index (χ4v) is 4.62. The highest BCUT2D eigenvalue weighted by Crippen LogP contribution is 2.33.